The normalized spacial score (nSPS) is 10.7. The van der Waals surface area contributed by atoms with E-state index in [2.05, 4.69) is 16.5 Å². The van der Waals surface area contributed by atoms with Gasteiger partial charge in [-0.05, 0) is 12.0 Å². The topological polar surface area (TPSA) is 55.1 Å². The fraction of sp³-hybridized carbons (Fsp3) is 0.333. The van der Waals surface area contributed by atoms with Crippen LogP contribution in [-0.4, -0.2) is 26.4 Å². The first-order valence-corrected chi connectivity index (χ1v) is 7.66. The average Bonchev–Trinajstić information content (AvgIpc) is 2.86. The number of aliphatic carboxylic acids is 1. The van der Waals surface area contributed by atoms with Crippen LogP contribution in [0, 0.1) is 0 Å². The summed E-state index contributed by atoms with van der Waals surface area (Å²) in [6.45, 7) is 3.01. The Kier molecular flexibility index (Phi) is 5.24. The van der Waals surface area contributed by atoms with Crippen LogP contribution in [-0.2, 0) is 11.3 Å². The lowest BCUT2D eigenvalue weighted by molar-refractivity contribution is -0.133. The van der Waals surface area contributed by atoms with Gasteiger partial charge in [0.25, 0.3) is 0 Å². The molecule has 0 saturated heterocycles. The minimum atomic E-state index is -0.818. The third-order valence-electron chi connectivity index (χ3n) is 2.95. The summed E-state index contributed by atoms with van der Waals surface area (Å²) in [7, 11) is 0. The van der Waals surface area contributed by atoms with Crippen molar-refractivity contribution in [3.63, 3.8) is 0 Å². The standard InChI is InChI=1S/C15H18N2O2S/c1-2-3-9-17-13(12-7-5-4-6-8-12)10-16-15(17)20-11-14(18)19/h4-8,10H,2-3,9,11H2,1H3,(H,18,19). The number of benzene rings is 1. The van der Waals surface area contributed by atoms with Gasteiger partial charge in [-0.25, -0.2) is 4.98 Å². The van der Waals surface area contributed by atoms with Crippen molar-refractivity contribution in [3.8, 4) is 11.3 Å². The summed E-state index contributed by atoms with van der Waals surface area (Å²) >= 11 is 1.27. The van der Waals surface area contributed by atoms with Crippen LogP contribution in [0.15, 0.2) is 41.7 Å². The fourth-order valence-corrected chi connectivity index (χ4v) is 2.70. The van der Waals surface area contributed by atoms with Gasteiger partial charge in [0.2, 0.25) is 0 Å². The van der Waals surface area contributed by atoms with E-state index in [9.17, 15) is 4.79 Å². The fourth-order valence-electron chi connectivity index (χ4n) is 1.97. The van der Waals surface area contributed by atoms with Crippen molar-refractivity contribution in [2.75, 3.05) is 5.75 Å². The highest BCUT2D eigenvalue weighted by molar-refractivity contribution is 7.99. The molecule has 2 rings (SSSR count). The first-order chi connectivity index (χ1) is 9.72. The summed E-state index contributed by atoms with van der Waals surface area (Å²) in [6.07, 6.45) is 3.97. The van der Waals surface area contributed by atoms with Crippen molar-refractivity contribution in [1.82, 2.24) is 9.55 Å². The van der Waals surface area contributed by atoms with Gasteiger partial charge < -0.3 is 9.67 Å². The number of carbonyl (C=O) groups is 1. The van der Waals surface area contributed by atoms with E-state index in [0.717, 1.165) is 35.8 Å². The van der Waals surface area contributed by atoms with Crippen molar-refractivity contribution >= 4 is 17.7 Å². The molecule has 0 atom stereocenters. The Balaban J connectivity index is 2.29. The van der Waals surface area contributed by atoms with E-state index >= 15 is 0 Å². The lowest BCUT2D eigenvalue weighted by Crippen LogP contribution is -2.05. The van der Waals surface area contributed by atoms with Crippen LogP contribution in [0.2, 0.25) is 0 Å². The summed E-state index contributed by atoms with van der Waals surface area (Å²) in [4.78, 5) is 15.1. The number of carboxylic acid groups (broad SMARTS) is 1. The number of hydrogen-bond donors (Lipinski definition) is 1. The molecule has 2 aromatic rings. The van der Waals surface area contributed by atoms with E-state index in [4.69, 9.17) is 5.11 Å². The Morgan fingerprint density at radius 1 is 1.35 bits per heavy atom. The average molecular weight is 290 g/mol. The zero-order valence-electron chi connectivity index (χ0n) is 11.5. The molecule has 0 fully saturated rings. The van der Waals surface area contributed by atoms with Crippen LogP contribution in [0.25, 0.3) is 11.3 Å². The van der Waals surface area contributed by atoms with E-state index in [1.165, 1.54) is 11.8 Å². The van der Waals surface area contributed by atoms with Crippen molar-refractivity contribution in [2.24, 2.45) is 0 Å². The Morgan fingerprint density at radius 2 is 2.10 bits per heavy atom. The number of thioether (sulfide) groups is 1. The zero-order valence-corrected chi connectivity index (χ0v) is 12.3. The van der Waals surface area contributed by atoms with Gasteiger partial charge in [-0.1, -0.05) is 55.4 Å². The molecule has 0 bridgehead atoms. The van der Waals surface area contributed by atoms with Gasteiger partial charge in [0.15, 0.2) is 5.16 Å². The highest BCUT2D eigenvalue weighted by Crippen LogP contribution is 2.26. The quantitative estimate of drug-likeness (QED) is 0.793. The van der Waals surface area contributed by atoms with Gasteiger partial charge in [0.05, 0.1) is 17.6 Å². The molecule has 1 aromatic carbocycles. The number of rotatable bonds is 7. The second-order valence-corrected chi connectivity index (χ2v) is 5.42. The van der Waals surface area contributed by atoms with E-state index < -0.39 is 5.97 Å². The van der Waals surface area contributed by atoms with Gasteiger partial charge in [0, 0.05) is 6.54 Å². The summed E-state index contributed by atoms with van der Waals surface area (Å²) in [5.41, 5.74) is 2.16. The molecule has 0 radical (unpaired) electrons. The van der Waals surface area contributed by atoms with E-state index in [1.807, 2.05) is 36.5 Å². The van der Waals surface area contributed by atoms with Gasteiger partial charge in [-0.2, -0.15) is 0 Å². The number of hydrogen-bond acceptors (Lipinski definition) is 3. The maximum atomic E-state index is 10.7. The summed E-state index contributed by atoms with van der Waals surface area (Å²) in [6, 6.07) is 10.1. The first kappa shape index (κ1) is 14.7. The van der Waals surface area contributed by atoms with Crippen molar-refractivity contribution < 1.29 is 9.90 Å². The Morgan fingerprint density at radius 3 is 2.75 bits per heavy atom. The molecule has 0 aliphatic heterocycles. The lowest BCUT2D eigenvalue weighted by atomic mass is 10.1. The minimum Gasteiger partial charge on any atom is -0.481 e. The molecule has 1 N–H and O–H groups in total. The molecule has 0 saturated carbocycles. The molecule has 1 heterocycles. The lowest BCUT2D eigenvalue weighted by Gasteiger charge is -2.10. The van der Waals surface area contributed by atoms with Crippen LogP contribution in [0.3, 0.4) is 0 Å². The SMILES string of the molecule is CCCCn1c(-c2ccccc2)cnc1SCC(=O)O. The molecule has 0 amide bonds. The Labute approximate surface area is 122 Å². The molecule has 106 valence electrons. The van der Waals surface area contributed by atoms with Gasteiger partial charge >= 0.3 is 5.97 Å². The Hall–Kier alpha value is -1.75. The number of unbranched alkanes of at least 4 members (excludes halogenated alkanes) is 1. The molecule has 0 spiro atoms. The van der Waals surface area contributed by atoms with Gasteiger partial charge in [0.1, 0.15) is 0 Å². The van der Waals surface area contributed by atoms with Crippen LogP contribution < -0.4 is 0 Å². The van der Waals surface area contributed by atoms with Crippen LogP contribution in [0.5, 0.6) is 0 Å². The summed E-state index contributed by atoms with van der Waals surface area (Å²) < 4.78 is 2.12. The molecule has 0 aliphatic rings. The predicted molar refractivity (Wildman–Crippen MR) is 80.9 cm³/mol. The highest BCUT2D eigenvalue weighted by atomic mass is 32.2. The largest absolute Gasteiger partial charge is 0.481 e. The minimum absolute atomic E-state index is 0.0391. The summed E-state index contributed by atoms with van der Waals surface area (Å²) in [5.74, 6) is -0.779. The smallest absolute Gasteiger partial charge is 0.313 e. The number of carboxylic acids is 1. The van der Waals surface area contributed by atoms with Crippen molar-refractivity contribution in [1.29, 1.82) is 0 Å². The third-order valence-corrected chi connectivity index (χ3v) is 3.92. The van der Waals surface area contributed by atoms with Crippen LogP contribution in [0.4, 0.5) is 0 Å². The highest BCUT2D eigenvalue weighted by Gasteiger charge is 2.12. The molecule has 5 heteroatoms. The van der Waals surface area contributed by atoms with Gasteiger partial charge in [-0.15, -0.1) is 0 Å². The molecule has 1 aromatic heterocycles. The number of nitrogens with zero attached hydrogens (tertiary/aromatic N) is 2. The van der Waals surface area contributed by atoms with Crippen molar-refractivity contribution in [3.05, 3.63) is 36.5 Å². The number of aromatic nitrogens is 2. The molecule has 20 heavy (non-hydrogen) atoms. The van der Waals surface area contributed by atoms with Gasteiger partial charge in [-0.3, -0.25) is 4.79 Å². The van der Waals surface area contributed by atoms with E-state index in [-0.39, 0.29) is 5.75 Å². The molecular formula is C15H18N2O2S. The Bertz CT molecular complexity index is 567. The maximum absolute atomic E-state index is 10.7. The monoisotopic (exact) mass is 290 g/mol. The van der Waals surface area contributed by atoms with E-state index in [1.54, 1.807) is 0 Å². The molecule has 0 unspecified atom stereocenters. The maximum Gasteiger partial charge on any atom is 0.313 e. The predicted octanol–water partition coefficient (Wildman–Crippen LogP) is 3.53. The first-order valence-electron chi connectivity index (χ1n) is 6.68. The van der Waals surface area contributed by atoms with E-state index in [0.29, 0.717) is 0 Å². The second-order valence-electron chi connectivity index (χ2n) is 4.48. The molecule has 4 nitrogen and oxygen atoms in total. The molecular weight excluding hydrogens is 272 g/mol. The zero-order chi connectivity index (χ0) is 14.4. The molecule has 0 aliphatic carbocycles. The van der Waals surface area contributed by atoms with Crippen molar-refractivity contribution in [2.45, 2.75) is 31.5 Å². The number of imidazole rings is 1. The summed E-state index contributed by atoms with van der Waals surface area (Å²) in [5, 5.41) is 9.59. The van der Waals surface area contributed by atoms with Crippen LogP contribution in [0.1, 0.15) is 19.8 Å². The van der Waals surface area contributed by atoms with Crippen LogP contribution >= 0.6 is 11.8 Å². The third kappa shape index (κ3) is 3.63. The second kappa shape index (κ2) is 7.14.